The SMILES string of the molecule is C#CC(OC(=O)OC)c1ccccc1C#N. The molecule has 0 saturated heterocycles. The van der Waals surface area contributed by atoms with Crippen LogP contribution in [0.1, 0.15) is 17.2 Å². The van der Waals surface area contributed by atoms with E-state index < -0.39 is 12.3 Å². The smallest absolute Gasteiger partial charge is 0.438 e. The highest BCUT2D eigenvalue weighted by Gasteiger charge is 2.17. The third-order valence-electron chi connectivity index (χ3n) is 1.90. The van der Waals surface area contributed by atoms with Crippen LogP contribution in [0.3, 0.4) is 0 Å². The number of nitriles is 1. The molecule has 1 aromatic rings. The molecule has 0 aliphatic rings. The molecule has 0 heterocycles. The molecule has 4 heteroatoms. The van der Waals surface area contributed by atoms with Crippen LogP contribution in [0, 0.1) is 23.7 Å². The maximum Gasteiger partial charge on any atom is 0.509 e. The first-order valence-corrected chi connectivity index (χ1v) is 4.42. The lowest BCUT2D eigenvalue weighted by Crippen LogP contribution is -2.10. The van der Waals surface area contributed by atoms with Gasteiger partial charge in [0, 0.05) is 5.56 Å². The van der Waals surface area contributed by atoms with Crippen molar-refractivity contribution in [1.82, 2.24) is 0 Å². The highest BCUT2D eigenvalue weighted by atomic mass is 16.7. The molecular formula is C12H9NO3. The van der Waals surface area contributed by atoms with Gasteiger partial charge in [-0.3, -0.25) is 0 Å². The van der Waals surface area contributed by atoms with Crippen LogP contribution in [0.25, 0.3) is 0 Å². The fourth-order valence-corrected chi connectivity index (χ4v) is 1.16. The molecule has 1 unspecified atom stereocenters. The third kappa shape index (κ3) is 2.52. The minimum absolute atomic E-state index is 0.370. The van der Waals surface area contributed by atoms with Crippen LogP contribution in [0.5, 0.6) is 0 Å². The van der Waals surface area contributed by atoms with Crippen LogP contribution in [-0.4, -0.2) is 13.3 Å². The van der Waals surface area contributed by atoms with Crippen LogP contribution in [0.4, 0.5) is 4.79 Å². The Morgan fingerprint density at radius 2 is 2.19 bits per heavy atom. The van der Waals surface area contributed by atoms with Gasteiger partial charge in [-0.15, -0.1) is 6.42 Å². The van der Waals surface area contributed by atoms with E-state index in [-0.39, 0.29) is 0 Å². The molecule has 0 saturated carbocycles. The first-order valence-electron chi connectivity index (χ1n) is 4.42. The minimum atomic E-state index is -0.914. The highest BCUT2D eigenvalue weighted by Crippen LogP contribution is 2.20. The van der Waals surface area contributed by atoms with Gasteiger partial charge >= 0.3 is 6.16 Å². The second-order valence-electron chi connectivity index (χ2n) is 2.82. The number of ether oxygens (including phenoxy) is 2. The monoisotopic (exact) mass is 215 g/mol. The van der Waals surface area contributed by atoms with Crippen LogP contribution in [0.2, 0.25) is 0 Å². The minimum Gasteiger partial charge on any atom is -0.438 e. The molecule has 4 nitrogen and oxygen atoms in total. The fraction of sp³-hybridized carbons (Fsp3) is 0.167. The third-order valence-corrected chi connectivity index (χ3v) is 1.90. The molecule has 1 aromatic carbocycles. The molecule has 0 spiro atoms. The van der Waals surface area contributed by atoms with Crippen molar-refractivity contribution in [3.05, 3.63) is 35.4 Å². The second-order valence-corrected chi connectivity index (χ2v) is 2.82. The van der Waals surface area contributed by atoms with E-state index >= 15 is 0 Å². The molecule has 0 fully saturated rings. The van der Waals surface area contributed by atoms with E-state index in [9.17, 15) is 4.79 Å². The molecule has 16 heavy (non-hydrogen) atoms. The van der Waals surface area contributed by atoms with Crippen LogP contribution < -0.4 is 0 Å². The van der Waals surface area contributed by atoms with Crippen molar-refractivity contribution in [2.24, 2.45) is 0 Å². The lowest BCUT2D eigenvalue weighted by Gasteiger charge is -2.12. The summed E-state index contributed by atoms with van der Waals surface area (Å²) >= 11 is 0. The second kappa shape index (κ2) is 5.43. The lowest BCUT2D eigenvalue weighted by molar-refractivity contribution is 0.0550. The van der Waals surface area contributed by atoms with Gasteiger partial charge in [0.2, 0.25) is 0 Å². The van der Waals surface area contributed by atoms with E-state index in [1.807, 2.05) is 6.07 Å². The molecule has 0 bridgehead atoms. The predicted octanol–water partition coefficient (Wildman–Crippen LogP) is 2.02. The Labute approximate surface area is 93.4 Å². The summed E-state index contributed by atoms with van der Waals surface area (Å²) in [4.78, 5) is 10.9. The summed E-state index contributed by atoms with van der Waals surface area (Å²) in [6, 6.07) is 8.61. The number of benzene rings is 1. The molecular weight excluding hydrogens is 206 g/mol. The van der Waals surface area contributed by atoms with Crippen LogP contribution >= 0.6 is 0 Å². The Kier molecular flexibility index (Phi) is 3.94. The van der Waals surface area contributed by atoms with Gasteiger partial charge < -0.3 is 9.47 Å². The van der Waals surface area contributed by atoms with E-state index in [4.69, 9.17) is 16.4 Å². The molecule has 1 rings (SSSR count). The van der Waals surface area contributed by atoms with Crippen molar-refractivity contribution in [2.75, 3.05) is 7.11 Å². The standard InChI is InChI=1S/C12H9NO3/c1-3-11(16-12(14)15-2)10-7-5-4-6-9(10)8-13/h1,4-7,11H,2H3. The molecule has 0 amide bonds. The van der Waals surface area contributed by atoms with Gasteiger partial charge in [-0.25, -0.2) is 4.79 Å². The Morgan fingerprint density at radius 1 is 1.50 bits per heavy atom. The summed E-state index contributed by atoms with van der Waals surface area (Å²) in [5.41, 5.74) is 0.840. The zero-order valence-electron chi connectivity index (χ0n) is 8.64. The Balaban J connectivity index is 3.01. The number of rotatable bonds is 2. The summed E-state index contributed by atoms with van der Waals surface area (Å²) in [7, 11) is 1.19. The Bertz CT molecular complexity index is 468. The number of nitrogens with zero attached hydrogens (tertiary/aromatic N) is 1. The average molecular weight is 215 g/mol. The van der Waals surface area contributed by atoms with E-state index in [0.29, 0.717) is 11.1 Å². The topological polar surface area (TPSA) is 59.3 Å². The highest BCUT2D eigenvalue weighted by molar-refractivity contribution is 5.61. The van der Waals surface area contributed by atoms with Crippen molar-refractivity contribution in [2.45, 2.75) is 6.10 Å². The van der Waals surface area contributed by atoms with Gasteiger partial charge in [-0.1, -0.05) is 24.1 Å². The first-order chi connectivity index (χ1) is 7.72. The maximum absolute atomic E-state index is 10.9. The van der Waals surface area contributed by atoms with E-state index in [2.05, 4.69) is 10.7 Å². The summed E-state index contributed by atoms with van der Waals surface area (Å²) in [5, 5.41) is 8.86. The summed E-state index contributed by atoms with van der Waals surface area (Å²) in [6.45, 7) is 0. The van der Waals surface area contributed by atoms with Crippen LogP contribution in [-0.2, 0) is 9.47 Å². The number of methoxy groups -OCH3 is 1. The molecule has 1 atom stereocenters. The molecule has 0 aromatic heterocycles. The van der Waals surface area contributed by atoms with Gasteiger partial charge in [0.1, 0.15) is 0 Å². The van der Waals surface area contributed by atoms with Gasteiger partial charge in [0.25, 0.3) is 0 Å². The predicted molar refractivity (Wildman–Crippen MR) is 56.2 cm³/mol. The first kappa shape index (κ1) is 11.6. The van der Waals surface area contributed by atoms with Crippen molar-refractivity contribution in [3.8, 4) is 18.4 Å². The molecule has 80 valence electrons. The quantitative estimate of drug-likeness (QED) is 0.559. The largest absolute Gasteiger partial charge is 0.509 e. The zero-order chi connectivity index (χ0) is 12.0. The van der Waals surface area contributed by atoms with Crippen molar-refractivity contribution in [1.29, 1.82) is 5.26 Å². The van der Waals surface area contributed by atoms with E-state index in [1.165, 1.54) is 7.11 Å². The molecule has 0 aliphatic carbocycles. The number of terminal acetylenes is 1. The Hall–Kier alpha value is -2.46. The van der Waals surface area contributed by atoms with Gasteiger partial charge in [0.05, 0.1) is 18.7 Å². The van der Waals surface area contributed by atoms with E-state index in [0.717, 1.165) is 0 Å². The fourth-order valence-electron chi connectivity index (χ4n) is 1.16. The summed E-state index contributed by atoms with van der Waals surface area (Å²) < 4.78 is 9.17. The number of carbonyl (C=O) groups is 1. The van der Waals surface area contributed by atoms with Crippen molar-refractivity contribution >= 4 is 6.16 Å². The average Bonchev–Trinajstić information content (AvgIpc) is 2.35. The number of hydrogen-bond donors (Lipinski definition) is 0. The molecule has 0 aliphatic heterocycles. The number of hydrogen-bond acceptors (Lipinski definition) is 4. The van der Waals surface area contributed by atoms with Gasteiger partial charge in [-0.2, -0.15) is 5.26 Å². The summed E-state index contributed by atoms with van der Waals surface area (Å²) in [6.07, 6.45) is 3.45. The lowest BCUT2D eigenvalue weighted by atomic mass is 10.0. The summed E-state index contributed by atoms with van der Waals surface area (Å²) in [5.74, 6) is 2.28. The Morgan fingerprint density at radius 3 is 2.75 bits per heavy atom. The van der Waals surface area contributed by atoms with Gasteiger partial charge in [0.15, 0.2) is 6.10 Å². The van der Waals surface area contributed by atoms with Crippen LogP contribution in [0.15, 0.2) is 24.3 Å². The van der Waals surface area contributed by atoms with Crippen molar-refractivity contribution in [3.63, 3.8) is 0 Å². The zero-order valence-corrected chi connectivity index (χ0v) is 8.64. The van der Waals surface area contributed by atoms with E-state index in [1.54, 1.807) is 24.3 Å². The van der Waals surface area contributed by atoms with Gasteiger partial charge in [-0.05, 0) is 6.07 Å². The maximum atomic E-state index is 10.9. The molecule has 0 N–H and O–H groups in total. The van der Waals surface area contributed by atoms with Crippen molar-refractivity contribution < 1.29 is 14.3 Å². The number of carbonyl (C=O) groups excluding carboxylic acids is 1. The normalized spacial score (nSPS) is 10.7. The molecule has 0 radical (unpaired) electrons.